The quantitative estimate of drug-likeness (QED) is 0.323. The monoisotopic (exact) mass is 199 g/mol. The molecule has 80 valence electrons. The highest BCUT2D eigenvalue weighted by Gasteiger charge is 2.27. The fraction of sp³-hybridized carbons (Fsp3) is 0.700. The molecule has 0 rings (SSSR count). The number of rotatable bonds is 4. The van der Waals surface area contributed by atoms with Crippen LogP contribution in [0.15, 0.2) is 0 Å². The van der Waals surface area contributed by atoms with Gasteiger partial charge in [-0.15, -0.1) is 0 Å². The van der Waals surface area contributed by atoms with Crippen LogP contribution >= 0.6 is 0 Å². The lowest BCUT2D eigenvalue weighted by Crippen LogP contribution is -2.33. The van der Waals surface area contributed by atoms with Crippen LogP contribution in [-0.2, 0) is 14.3 Å². The van der Waals surface area contributed by atoms with E-state index in [0.29, 0.717) is 12.7 Å². The summed E-state index contributed by atoms with van der Waals surface area (Å²) in [4.78, 5) is 22.0. The molecule has 1 N–H and O–H groups in total. The van der Waals surface area contributed by atoms with E-state index >= 15 is 0 Å². The zero-order chi connectivity index (χ0) is 11.4. The number of aldehydes is 1. The predicted molar refractivity (Wildman–Crippen MR) is 53.4 cm³/mol. The molecule has 0 aliphatic carbocycles. The molecule has 0 heterocycles. The smallest absolute Gasteiger partial charge is 0.322 e. The lowest BCUT2D eigenvalue weighted by Gasteiger charge is -2.21. The van der Waals surface area contributed by atoms with Crippen molar-refractivity contribution in [3.8, 4) is 0 Å². The van der Waals surface area contributed by atoms with Gasteiger partial charge in [0.15, 0.2) is 0 Å². The summed E-state index contributed by atoms with van der Waals surface area (Å²) in [5.41, 5.74) is -0.527. The van der Waals surface area contributed by atoms with Gasteiger partial charge < -0.3 is 14.9 Å². The topological polar surface area (TPSA) is 67.2 Å². The van der Waals surface area contributed by atoms with Gasteiger partial charge >= 0.3 is 5.97 Å². The van der Waals surface area contributed by atoms with Crippen molar-refractivity contribution in [2.75, 3.05) is 0 Å². The second kappa shape index (κ2) is 4.88. The zero-order valence-corrected chi connectivity index (χ0v) is 9.09. The Morgan fingerprint density at radius 2 is 2.00 bits per heavy atom. The SMILES string of the molecule is CCC(=N)[C@@H](C=O)C(=O)OC(C)(C)C. The number of ether oxygens (including phenoxy) is 1. The molecular weight excluding hydrogens is 182 g/mol. The highest BCUT2D eigenvalue weighted by Crippen LogP contribution is 2.11. The molecule has 0 saturated heterocycles. The van der Waals surface area contributed by atoms with Crippen molar-refractivity contribution < 1.29 is 14.3 Å². The van der Waals surface area contributed by atoms with E-state index in [1.54, 1.807) is 27.7 Å². The Labute approximate surface area is 84.1 Å². The minimum atomic E-state index is -1.04. The molecule has 0 unspecified atom stereocenters. The molecular formula is C10H17NO3. The van der Waals surface area contributed by atoms with Gasteiger partial charge in [0.1, 0.15) is 17.8 Å². The van der Waals surface area contributed by atoms with E-state index < -0.39 is 17.5 Å². The van der Waals surface area contributed by atoms with Crippen molar-refractivity contribution in [2.45, 2.75) is 39.7 Å². The van der Waals surface area contributed by atoms with Gasteiger partial charge in [0.05, 0.1) is 0 Å². The average molecular weight is 199 g/mol. The van der Waals surface area contributed by atoms with Gasteiger partial charge in [-0.25, -0.2) is 0 Å². The summed E-state index contributed by atoms with van der Waals surface area (Å²) in [5.74, 6) is -1.68. The molecule has 0 aliphatic rings. The molecule has 0 fully saturated rings. The Morgan fingerprint density at radius 3 is 2.29 bits per heavy atom. The zero-order valence-electron chi connectivity index (χ0n) is 9.09. The molecule has 0 radical (unpaired) electrons. The van der Waals surface area contributed by atoms with Gasteiger partial charge in [-0.05, 0) is 27.2 Å². The first-order valence-electron chi connectivity index (χ1n) is 4.57. The van der Waals surface area contributed by atoms with E-state index in [2.05, 4.69) is 0 Å². The highest BCUT2D eigenvalue weighted by molar-refractivity contribution is 6.11. The minimum Gasteiger partial charge on any atom is -0.459 e. The van der Waals surface area contributed by atoms with Gasteiger partial charge in [-0.2, -0.15) is 0 Å². The fourth-order valence-corrected chi connectivity index (χ4v) is 0.865. The maximum Gasteiger partial charge on any atom is 0.322 e. The van der Waals surface area contributed by atoms with Crippen molar-refractivity contribution in [1.29, 1.82) is 5.41 Å². The van der Waals surface area contributed by atoms with Crippen molar-refractivity contribution in [1.82, 2.24) is 0 Å². The van der Waals surface area contributed by atoms with Crippen LogP contribution in [0.5, 0.6) is 0 Å². The molecule has 14 heavy (non-hydrogen) atoms. The molecule has 1 atom stereocenters. The summed E-state index contributed by atoms with van der Waals surface area (Å²) in [6.07, 6.45) is 0.836. The molecule has 4 heteroatoms. The fourth-order valence-electron chi connectivity index (χ4n) is 0.865. The molecule has 0 spiro atoms. The standard InChI is InChI=1S/C10H17NO3/c1-5-8(11)7(6-12)9(13)14-10(2,3)4/h6-7,11H,5H2,1-4H3/t7-/m1/s1. The Balaban J connectivity index is 4.48. The second-order valence-corrected chi connectivity index (χ2v) is 4.03. The van der Waals surface area contributed by atoms with E-state index in [-0.39, 0.29) is 5.71 Å². The molecule has 0 amide bonds. The van der Waals surface area contributed by atoms with Crippen LogP contribution in [-0.4, -0.2) is 23.6 Å². The van der Waals surface area contributed by atoms with Gasteiger partial charge in [-0.3, -0.25) is 4.79 Å². The first kappa shape index (κ1) is 12.8. The number of carbonyl (C=O) groups is 2. The van der Waals surface area contributed by atoms with Crippen LogP contribution in [0.25, 0.3) is 0 Å². The molecule has 0 aliphatic heterocycles. The van der Waals surface area contributed by atoms with Crippen LogP contribution in [0.2, 0.25) is 0 Å². The number of esters is 1. The Morgan fingerprint density at radius 1 is 1.50 bits per heavy atom. The molecule has 4 nitrogen and oxygen atoms in total. The van der Waals surface area contributed by atoms with Crippen LogP contribution in [0, 0.1) is 11.3 Å². The Hall–Kier alpha value is -1.19. The largest absolute Gasteiger partial charge is 0.459 e. The second-order valence-electron chi connectivity index (χ2n) is 4.03. The van der Waals surface area contributed by atoms with E-state index in [1.807, 2.05) is 0 Å². The van der Waals surface area contributed by atoms with E-state index in [1.165, 1.54) is 0 Å². The summed E-state index contributed by atoms with van der Waals surface area (Å²) in [7, 11) is 0. The summed E-state index contributed by atoms with van der Waals surface area (Å²) in [5, 5.41) is 7.40. The average Bonchev–Trinajstić information content (AvgIpc) is 2.01. The van der Waals surface area contributed by atoms with Gasteiger partial charge in [0.25, 0.3) is 0 Å². The third kappa shape index (κ3) is 4.16. The maximum absolute atomic E-state index is 11.4. The lowest BCUT2D eigenvalue weighted by molar-refractivity contribution is -0.157. The normalized spacial score (nSPS) is 13.1. The summed E-state index contributed by atoms with van der Waals surface area (Å²) < 4.78 is 5.00. The lowest BCUT2D eigenvalue weighted by atomic mass is 10.0. The first-order valence-corrected chi connectivity index (χ1v) is 4.57. The number of nitrogens with one attached hydrogen (secondary N) is 1. The van der Waals surface area contributed by atoms with Crippen LogP contribution in [0.1, 0.15) is 34.1 Å². The first-order chi connectivity index (χ1) is 6.31. The highest BCUT2D eigenvalue weighted by atomic mass is 16.6. The van der Waals surface area contributed by atoms with Crippen molar-refractivity contribution >= 4 is 18.0 Å². The third-order valence-corrected chi connectivity index (χ3v) is 1.55. The molecule has 0 aromatic carbocycles. The predicted octanol–water partition coefficient (Wildman–Crippen LogP) is 1.57. The van der Waals surface area contributed by atoms with Crippen molar-refractivity contribution in [3.05, 3.63) is 0 Å². The summed E-state index contributed by atoms with van der Waals surface area (Å²) in [6, 6.07) is 0. The number of hydrogen-bond donors (Lipinski definition) is 1. The van der Waals surface area contributed by atoms with E-state index in [0.717, 1.165) is 0 Å². The van der Waals surface area contributed by atoms with Gasteiger partial charge in [0, 0.05) is 5.71 Å². The van der Waals surface area contributed by atoms with Crippen molar-refractivity contribution in [2.24, 2.45) is 5.92 Å². The summed E-state index contributed by atoms with van der Waals surface area (Å²) in [6.45, 7) is 6.90. The van der Waals surface area contributed by atoms with E-state index in [4.69, 9.17) is 10.1 Å². The summed E-state index contributed by atoms with van der Waals surface area (Å²) >= 11 is 0. The van der Waals surface area contributed by atoms with Crippen LogP contribution in [0.4, 0.5) is 0 Å². The van der Waals surface area contributed by atoms with Crippen LogP contribution in [0.3, 0.4) is 0 Å². The minimum absolute atomic E-state index is 0.0919. The molecule has 0 bridgehead atoms. The molecule has 0 saturated carbocycles. The number of carbonyl (C=O) groups excluding carboxylic acids is 2. The number of hydrogen-bond acceptors (Lipinski definition) is 4. The van der Waals surface area contributed by atoms with Crippen molar-refractivity contribution in [3.63, 3.8) is 0 Å². The van der Waals surface area contributed by atoms with E-state index in [9.17, 15) is 9.59 Å². The Kier molecular flexibility index (Phi) is 4.47. The molecule has 0 aromatic heterocycles. The Bertz CT molecular complexity index is 240. The molecule has 0 aromatic rings. The van der Waals surface area contributed by atoms with Crippen LogP contribution < -0.4 is 0 Å². The third-order valence-electron chi connectivity index (χ3n) is 1.55. The maximum atomic E-state index is 11.4. The van der Waals surface area contributed by atoms with Gasteiger partial charge in [0.2, 0.25) is 0 Å². The van der Waals surface area contributed by atoms with Gasteiger partial charge in [-0.1, -0.05) is 6.92 Å².